The van der Waals surface area contributed by atoms with Gasteiger partial charge < -0.3 is 24.1 Å². The largest absolute Gasteiger partial charge is 0.493 e. The highest BCUT2D eigenvalue weighted by atomic mass is 79.9. The van der Waals surface area contributed by atoms with E-state index in [-0.39, 0.29) is 5.75 Å². The van der Waals surface area contributed by atoms with Gasteiger partial charge >= 0.3 is 5.97 Å². The summed E-state index contributed by atoms with van der Waals surface area (Å²) in [4.78, 5) is 23.1. The quantitative estimate of drug-likeness (QED) is 0.281. The normalized spacial score (nSPS) is 10.4. The van der Waals surface area contributed by atoms with Gasteiger partial charge in [0.25, 0.3) is 5.91 Å². The molecule has 9 nitrogen and oxygen atoms in total. The number of halogens is 1. The first-order valence-electron chi connectivity index (χ1n) is 8.86. The molecule has 0 heterocycles. The number of nitrogens with one attached hydrogen (secondary N) is 1. The minimum atomic E-state index is -1.11. The van der Waals surface area contributed by atoms with Crippen molar-refractivity contribution in [2.24, 2.45) is 5.10 Å². The van der Waals surface area contributed by atoms with Crippen molar-refractivity contribution in [3.63, 3.8) is 0 Å². The van der Waals surface area contributed by atoms with Crippen molar-refractivity contribution in [1.29, 1.82) is 0 Å². The van der Waals surface area contributed by atoms with Crippen LogP contribution in [0.2, 0.25) is 0 Å². The van der Waals surface area contributed by atoms with Gasteiger partial charge in [0.1, 0.15) is 6.61 Å². The Morgan fingerprint density at radius 2 is 1.87 bits per heavy atom. The molecule has 2 aromatic rings. The Balaban J connectivity index is 2.11. The van der Waals surface area contributed by atoms with E-state index in [2.05, 4.69) is 33.0 Å². The minimum absolute atomic E-state index is 0.247. The summed E-state index contributed by atoms with van der Waals surface area (Å²) in [5.41, 5.74) is 3.34. The molecule has 0 aliphatic heterocycles. The Bertz CT molecular complexity index is 992. The van der Waals surface area contributed by atoms with Gasteiger partial charge in [-0.3, -0.25) is 4.79 Å². The summed E-state index contributed by atoms with van der Waals surface area (Å²) in [6.45, 7) is 3.38. The smallest absolute Gasteiger partial charge is 0.341 e. The summed E-state index contributed by atoms with van der Waals surface area (Å²) in [5, 5.41) is 12.7. The molecule has 2 rings (SSSR count). The average molecular weight is 493 g/mol. The van der Waals surface area contributed by atoms with Crippen LogP contribution in [0.3, 0.4) is 0 Å². The number of carbonyl (C=O) groups is 2. The van der Waals surface area contributed by atoms with Gasteiger partial charge in [0.2, 0.25) is 0 Å². The number of aliphatic carboxylic acids is 1. The van der Waals surface area contributed by atoms with Gasteiger partial charge in [-0.25, -0.2) is 10.2 Å². The fourth-order valence-corrected chi connectivity index (χ4v) is 2.97. The lowest BCUT2D eigenvalue weighted by atomic mass is 10.2. The molecule has 0 fully saturated rings. The molecule has 0 aromatic heterocycles. The van der Waals surface area contributed by atoms with Crippen LogP contribution in [0.5, 0.6) is 23.0 Å². The lowest BCUT2D eigenvalue weighted by Crippen LogP contribution is -2.17. The van der Waals surface area contributed by atoms with Crippen LogP contribution in [0.25, 0.3) is 0 Å². The average Bonchev–Trinajstić information content (AvgIpc) is 2.76. The molecule has 0 saturated carbocycles. The van der Waals surface area contributed by atoms with Gasteiger partial charge in [-0.2, -0.15) is 5.10 Å². The molecule has 0 radical (unpaired) electrons. The molecular weight excluding hydrogens is 472 g/mol. The Morgan fingerprint density at radius 1 is 1.13 bits per heavy atom. The van der Waals surface area contributed by atoms with Gasteiger partial charge in [-0.1, -0.05) is 12.7 Å². The molecule has 0 unspecified atom stereocenters. The highest BCUT2D eigenvalue weighted by Crippen LogP contribution is 2.36. The summed E-state index contributed by atoms with van der Waals surface area (Å²) in [5.74, 6) is -0.106. The highest BCUT2D eigenvalue weighted by Gasteiger charge is 2.13. The van der Waals surface area contributed by atoms with Gasteiger partial charge in [0, 0.05) is 5.56 Å². The van der Waals surface area contributed by atoms with Crippen molar-refractivity contribution in [3.05, 3.63) is 58.6 Å². The fourth-order valence-electron chi connectivity index (χ4n) is 2.40. The van der Waals surface area contributed by atoms with Crippen LogP contribution in [0.4, 0.5) is 0 Å². The van der Waals surface area contributed by atoms with Crippen LogP contribution in [0, 0.1) is 0 Å². The lowest BCUT2D eigenvalue weighted by molar-refractivity contribution is -0.139. The molecule has 2 N–H and O–H groups in total. The number of amides is 1. The van der Waals surface area contributed by atoms with Gasteiger partial charge in [-0.15, -0.1) is 0 Å². The number of rotatable bonds is 11. The molecule has 31 heavy (non-hydrogen) atoms. The van der Waals surface area contributed by atoms with Crippen molar-refractivity contribution in [3.8, 4) is 23.0 Å². The van der Waals surface area contributed by atoms with Crippen molar-refractivity contribution >= 4 is 34.0 Å². The Hall–Kier alpha value is -3.53. The molecule has 0 spiro atoms. The van der Waals surface area contributed by atoms with E-state index >= 15 is 0 Å². The highest BCUT2D eigenvalue weighted by molar-refractivity contribution is 9.10. The zero-order valence-electron chi connectivity index (χ0n) is 16.9. The summed E-state index contributed by atoms with van der Waals surface area (Å²) in [6.07, 6.45) is 3.01. The van der Waals surface area contributed by atoms with Crippen molar-refractivity contribution in [2.45, 2.75) is 0 Å². The van der Waals surface area contributed by atoms with E-state index in [1.54, 1.807) is 30.3 Å². The number of methoxy groups -OCH3 is 2. The van der Waals surface area contributed by atoms with Crippen LogP contribution >= 0.6 is 15.9 Å². The predicted molar refractivity (Wildman–Crippen MR) is 118 cm³/mol. The fraction of sp³-hybridized carbons (Fsp3) is 0.190. The van der Waals surface area contributed by atoms with Crippen LogP contribution in [-0.4, -0.2) is 50.6 Å². The van der Waals surface area contributed by atoms with E-state index in [4.69, 9.17) is 24.1 Å². The van der Waals surface area contributed by atoms with E-state index in [1.807, 2.05) is 0 Å². The van der Waals surface area contributed by atoms with Crippen LogP contribution in [-0.2, 0) is 4.79 Å². The van der Waals surface area contributed by atoms with Gasteiger partial charge in [-0.05, 0) is 51.8 Å². The first-order valence-corrected chi connectivity index (χ1v) is 9.66. The number of carbonyl (C=O) groups excluding carboxylic acids is 1. The second-order valence-electron chi connectivity index (χ2n) is 5.88. The van der Waals surface area contributed by atoms with E-state index < -0.39 is 18.5 Å². The summed E-state index contributed by atoms with van der Waals surface area (Å²) in [7, 11) is 2.90. The molecule has 0 aliphatic carbocycles. The number of benzene rings is 2. The van der Waals surface area contributed by atoms with E-state index in [9.17, 15) is 9.59 Å². The zero-order valence-corrected chi connectivity index (χ0v) is 18.5. The summed E-state index contributed by atoms with van der Waals surface area (Å²) in [6, 6.07) is 7.98. The number of hydrazone groups is 1. The second-order valence-corrected chi connectivity index (χ2v) is 6.74. The maximum atomic E-state index is 12.4. The molecule has 10 heteroatoms. The Labute approximate surface area is 187 Å². The molecule has 0 atom stereocenters. The van der Waals surface area contributed by atoms with E-state index in [0.717, 1.165) is 0 Å². The second kappa shape index (κ2) is 11.6. The zero-order chi connectivity index (χ0) is 22.8. The van der Waals surface area contributed by atoms with E-state index in [1.165, 1.54) is 26.5 Å². The number of ether oxygens (including phenoxy) is 4. The number of carboxylic acid groups (broad SMARTS) is 1. The molecule has 0 aliphatic rings. The third-order valence-corrected chi connectivity index (χ3v) is 4.34. The molecule has 0 bridgehead atoms. The first-order chi connectivity index (χ1) is 14.9. The van der Waals surface area contributed by atoms with Gasteiger partial charge in [0.15, 0.2) is 29.6 Å². The van der Waals surface area contributed by atoms with Gasteiger partial charge in [0.05, 0.1) is 24.9 Å². The number of carboxylic acids is 1. The van der Waals surface area contributed by atoms with Crippen molar-refractivity contribution in [1.82, 2.24) is 5.43 Å². The third-order valence-electron chi connectivity index (χ3n) is 3.75. The van der Waals surface area contributed by atoms with Crippen molar-refractivity contribution in [2.75, 3.05) is 27.4 Å². The third kappa shape index (κ3) is 6.75. The maximum absolute atomic E-state index is 12.4. The van der Waals surface area contributed by atoms with Crippen LogP contribution in [0.15, 0.2) is 52.6 Å². The Kier molecular flexibility index (Phi) is 8.89. The lowest BCUT2D eigenvalue weighted by Gasteiger charge is -2.12. The minimum Gasteiger partial charge on any atom is -0.493 e. The van der Waals surface area contributed by atoms with Crippen molar-refractivity contribution < 1.29 is 33.6 Å². The maximum Gasteiger partial charge on any atom is 0.341 e. The molecule has 164 valence electrons. The predicted octanol–water partition coefficient (Wildman–Crippen LogP) is 3.26. The van der Waals surface area contributed by atoms with E-state index in [0.29, 0.717) is 39.5 Å². The number of hydrogen-bond acceptors (Lipinski definition) is 7. The van der Waals surface area contributed by atoms with Crippen LogP contribution < -0.4 is 24.4 Å². The summed E-state index contributed by atoms with van der Waals surface area (Å²) >= 11 is 3.31. The monoisotopic (exact) mass is 492 g/mol. The van der Waals surface area contributed by atoms with Crippen LogP contribution in [0.1, 0.15) is 15.9 Å². The molecule has 1 amide bonds. The first kappa shape index (κ1) is 23.7. The topological polar surface area (TPSA) is 116 Å². The molecular formula is C21H21BrN2O7. The summed E-state index contributed by atoms with van der Waals surface area (Å²) < 4.78 is 21.6. The molecule has 2 aromatic carbocycles. The Morgan fingerprint density at radius 3 is 2.52 bits per heavy atom. The standard InChI is InChI=1S/C21H21BrN2O7/c1-4-7-30-16-6-5-14(10-17(16)28-2)21(27)24-23-11-13-8-15(22)20(18(9-13)29-3)31-12-19(25)26/h4-6,8-11H,1,7,12H2,2-3H3,(H,24,27)(H,25,26)/b23-11+. The SMILES string of the molecule is C=CCOc1ccc(C(=O)N/N=C/c2cc(Br)c(OCC(=O)O)c(OC)c2)cc1OC. The number of hydrogen-bond donors (Lipinski definition) is 2. The molecule has 0 saturated heterocycles. The number of nitrogens with zero attached hydrogens (tertiary/aromatic N) is 1.